The quantitative estimate of drug-likeness (QED) is 0.0269. The molecule has 0 radical (unpaired) electrons. The van der Waals surface area contributed by atoms with Gasteiger partial charge in [-0.3, -0.25) is 33.6 Å². The molecule has 0 aliphatic heterocycles. The van der Waals surface area contributed by atoms with E-state index >= 15 is 0 Å². The molecule has 0 aliphatic rings. The van der Waals surface area contributed by atoms with Crippen molar-refractivity contribution in [2.75, 3.05) is 92.0 Å². The molecule has 0 aromatic heterocycles. The van der Waals surface area contributed by atoms with E-state index in [-0.39, 0.29) is 118 Å². The van der Waals surface area contributed by atoms with E-state index < -0.39 is 5.54 Å². The van der Waals surface area contributed by atoms with Crippen LogP contribution >= 0.6 is 0 Å². The van der Waals surface area contributed by atoms with Crippen molar-refractivity contribution >= 4 is 41.4 Å². The van der Waals surface area contributed by atoms with Crippen LogP contribution in [0.25, 0.3) is 0 Å². The largest absolute Gasteiger partial charge is 0.378 e. The van der Waals surface area contributed by atoms with E-state index in [1.807, 2.05) is 6.08 Å². The standard InChI is InChI=1S/C56H107N9O10/c1-54(2,3)30-18-17-25-48(67)62-39-23-40-63-51(70)29-42-75-46-56(32-43-73-44-53(72)64-38-22-34-58,45-74-41-28-50(69)61-37-21-33-57)65-52(71)26-16-12-10-8-7-9-11-15-24-47(66)59-35-19-13-14-20-36-60-49(68)27-31-55(4,5)6/h27,31H,7-26,28-30,32-46,57-58H2,1-6H3,(H,59,66)(H,60,68)(H,61,69)(H,62,67)(H,63,70)(H,64,72)(H,65,71)/b31-27+. The molecule has 19 nitrogen and oxygen atoms in total. The van der Waals surface area contributed by atoms with Crippen molar-refractivity contribution in [3.8, 4) is 0 Å². The molecule has 11 N–H and O–H groups in total. The molecule has 1 unspecified atom stereocenters. The lowest BCUT2D eigenvalue weighted by Crippen LogP contribution is -2.56. The molecular weight excluding hydrogens is 959 g/mol. The van der Waals surface area contributed by atoms with Crippen molar-refractivity contribution in [2.45, 2.75) is 201 Å². The van der Waals surface area contributed by atoms with Crippen LogP contribution in [0.1, 0.15) is 196 Å². The van der Waals surface area contributed by atoms with Gasteiger partial charge in [-0.05, 0) is 94.2 Å². The first-order valence-corrected chi connectivity index (χ1v) is 28.5. The van der Waals surface area contributed by atoms with Crippen molar-refractivity contribution in [1.29, 1.82) is 0 Å². The van der Waals surface area contributed by atoms with Crippen LogP contribution in [-0.4, -0.2) is 139 Å². The van der Waals surface area contributed by atoms with Crippen LogP contribution in [0.15, 0.2) is 12.2 Å². The number of hydrogen-bond acceptors (Lipinski definition) is 12. The van der Waals surface area contributed by atoms with Gasteiger partial charge in [0.2, 0.25) is 41.4 Å². The summed E-state index contributed by atoms with van der Waals surface area (Å²) >= 11 is 0. The van der Waals surface area contributed by atoms with E-state index in [2.05, 4.69) is 78.8 Å². The summed E-state index contributed by atoms with van der Waals surface area (Å²) < 4.78 is 17.8. The minimum absolute atomic E-state index is 0.00314. The Balaban J connectivity index is 5.00. The topological polar surface area (TPSA) is 283 Å². The normalized spacial score (nSPS) is 12.5. The zero-order chi connectivity index (χ0) is 55.9. The maximum absolute atomic E-state index is 13.6. The van der Waals surface area contributed by atoms with Crippen LogP contribution in [0.5, 0.6) is 0 Å². The lowest BCUT2D eigenvalue weighted by molar-refractivity contribution is -0.129. The molecule has 0 rings (SSSR count). The second-order valence-corrected chi connectivity index (χ2v) is 22.1. The summed E-state index contributed by atoms with van der Waals surface area (Å²) in [6.45, 7) is 16.8. The van der Waals surface area contributed by atoms with E-state index in [1.165, 1.54) is 0 Å². The maximum Gasteiger partial charge on any atom is 0.245 e. The van der Waals surface area contributed by atoms with E-state index in [4.69, 9.17) is 25.7 Å². The van der Waals surface area contributed by atoms with Crippen molar-refractivity contribution in [1.82, 2.24) is 37.2 Å². The van der Waals surface area contributed by atoms with E-state index in [0.717, 1.165) is 89.9 Å². The number of rotatable bonds is 49. The van der Waals surface area contributed by atoms with Gasteiger partial charge in [0.25, 0.3) is 0 Å². The molecule has 0 aromatic rings. The molecular formula is C56H107N9O10. The van der Waals surface area contributed by atoms with Gasteiger partial charge in [-0.1, -0.05) is 105 Å². The lowest BCUT2D eigenvalue weighted by Gasteiger charge is -2.34. The molecule has 7 amide bonds. The lowest BCUT2D eigenvalue weighted by atomic mass is 9.89. The first-order valence-electron chi connectivity index (χ1n) is 28.5. The van der Waals surface area contributed by atoms with Crippen molar-refractivity contribution in [2.24, 2.45) is 22.3 Å². The van der Waals surface area contributed by atoms with Gasteiger partial charge in [0, 0.05) is 78.0 Å². The van der Waals surface area contributed by atoms with Gasteiger partial charge in [-0.25, -0.2) is 0 Å². The molecule has 1 atom stereocenters. The summed E-state index contributed by atoms with van der Waals surface area (Å²) in [4.78, 5) is 87.5. The third-order valence-electron chi connectivity index (χ3n) is 12.1. The first kappa shape index (κ1) is 70.8. The number of allylic oxidation sites excluding steroid dienone is 1. The number of ether oxygens (including phenoxy) is 3. The SMILES string of the molecule is CC(C)(C)/C=C/C(=O)NCCCCCCNC(=O)CCCCCCCCCCC(=O)NC(CCOCC(=O)NCCCN)(COCCC(=O)NCCCN)COCCC(=O)NCCCNC(=O)CCCCC(C)(C)C. The third-order valence-corrected chi connectivity index (χ3v) is 12.1. The Morgan fingerprint density at radius 2 is 0.800 bits per heavy atom. The highest BCUT2D eigenvalue weighted by Gasteiger charge is 2.33. The van der Waals surface area contributed by atoms with Crippen LogP contribution in [0, 0.1) is 10.8 Å². The molecule has 0 heterocycles. The Kier molecular flexibility index (Phi) is 43.4. The number of unbranched alkanes of at least 4 members (excludes halogenated alkanes) is 11. The smallest absolute Gasteiger partial charge is 0.245 e. The monoisotopic (exact) mass is 1070 g/mol. The average molecular weight is 1070 g/mol. The average Bonchev–Trinajstić information content (AvgIpc) is 3.34. The predicted molar refractivity (Wildman–Crippen MR) is 298 cm³/mol. The molecule has 0 bridgehead atoms. The number of hydrogen-bond donors (Lipinski definition) is 9. The molecule has 0 aliphatic carbocycles. The number of carbonyl (C=O) groups is 7. The highest BCUT2D eigenvalue weighted by molar-refractivity contribution is 5.87. The predicted octanol–water partition coefficient (Wildman–Crippen LogP) is 5.52. The van der Waals surface area contributed by atoms with Gasteiger partial charge in [-0.15, -0.1) is 0 Å². The maximum atomic E-state index is 13.6. The van der Waals surface area contributed by atoms with Crippen molar-refractivity contribution in [3.63, 3.8) is 0 Å². The second-order valence-electron chi connectivity index (χ2n) is 22.1. The fraction of sp³-hybridized carbons (Fsp3) is 0.839. The Morgan fingerprint density at radius 3 is 1.28 bits per heavy atom. The van der Waals surface area contributed by atoms with Gasteiger partial charge in [0.1, 0.15) is 6.61 Å². The summed E-state index contributed by atoms with van der Waals surface area (Å²) in [5.41, 5.74) is 10.2. The molecule has 0 saturated carbocycles. The highest BCUT2D eigenvalue weighted by atomic mass is 16.5. The Labute approximate surface area is 452 Å². The van der Waals surface area contributed by atoms with Crippen molar-refractivity contribution in [3.05, 3.63) is 12.2 Å². The zero-order valence-electron chi connectivity index (χ0n) is 47.8. The fourth-order valence-corrected chi connectivity index (χ4v) is 7.58. The number of nitrogens with one attached hydrogen (secondary N) is 7. The van der Waals surface area contributed by atoms with Gasteiger partial charge in [-0.2, -0.15) is 0 Å². The molecule has 0 aromatic carbocycles. The Hall–Kier alpha value is -4.17. The van der Waals surface area contributed by atoms with Gasteiger partial charge >= 0.3 is 0 Å². The summed E-state index contributed by atoms with van der Waals surface area (Å²) in [5.74, 6) is -0.814. The summed E-state index contributed by atoms with van der Waals surface area (Å²) in [6, 6.07) is 0. The third kappa shape index (κ3) is 49.2. The van der Waals surface area contributed by atoms with Crippen LogP contribution in [0.2, 0.25) is 0 Å². The van der Waals surface area contributed by atoms with Gasteiger partial charge in [0.05, 0.1) is 32.0 Å². The van der Waals surface area contributed by atoms with Gasteiger partial charge in [0.15, 0.2) is 0 Å². The summed E-state index contributed by atoms with van der Waals surface area (Å²) in [6.07, 6.45) is 21.4. The zero-order valence-corrected chi connectivity index (χ0v) is 47.8. The first-order chi connectivity index (χ1) is 35.8. The Bertz CT molecular complexity index is 1540. The highest BCUT2D eigenvalue weighted by Crippen LogP contribution is 2.22. The molecule has 19 heteroatoms. The van der Waals surface area contributed by atoms with E-state index in [1.54, 1.807) is 6.08 Å². The minimum atomic E-state index is -1.09. The van der Waals surface area contributed by atoms with Crippen molar-refractivity contribution < 1.29 is 47.8 Å². The van der Waals surface area contributed by atoms with Crippen LogP contribution in [0.4, 0.5) is 0 Å². The second kappa shape index (κ2) is 46.0. The number of nitrogens with two attached hydrogens (primary N) is 2. The summed E-state index contributed by atoms with van der Waals surface area (Å²) in [5, 5.41) is 20.5. The van der Waals surface area contributed by atoms with Crippen LogP contribution in [-0.2, 0) is 47.8 Å². The molecule has 75 heavy (non-hydrogen) atoms. The number of amides is 7. The minimum Gasteiger partial charge on any atom is -0.378 e. The summed E-state index contributed by atoms with van der Waals surface area (Å²) in [7, 11) is 0. The molecule has 0 fully saturated rings. The van der Waals surface area contributed by atoms with E-state index in [9.17, 15) is 33.6 Å². The van der Waals surface area contributed by atoms with Crippen LogP contribution < -0.4 is 48.7 Å². The molecule has 0 spiro atoms. The number of carbonyl (C=O) groups excluding carboxylic acids is 7. The Morgan fingerprint density at radius 1 is 0.400 bits per heavy atom. The molecule has 436 valence electrons. The van der Waals surface area contributed by atoms with E-state index in [0.29, 0.717) is 90.9 Å². The fourth-order valence-electron chi connectivity index (χ4n) is 7.58. The van der Waals surface area contributed by atoms with Gasteiger partial charge < -0.3 is 62.9 Å². The molecule has 0 saturated heterocycles. The van der Waals surface area contributed by atoms with Crippen LogP contribution in [0.3, 0.4) is 0 Å².